The Bertz CT molecular complexity index is 1570. The largest absolute Gasteiger partial charge is 0.477 e. The van der Waals surface area contributed by atoms with Crippen LogP contribution >= 0.6 is 34.9 Å². The molecule has 0 saturated carbocycles. The van der Waals surface area contributed by atoms with Crippen LogP contribution in [-0.2, 0) is 28.8 Å². The van der Waals surface area contributed by atoms with Crippen LogP contribution in [0.4, 0.5) is 9.93 Å². The number of thioether (sulfide) groups is 2. The second-order valence-corrected chi connectivity index (χ2v) is 13.6. The Balaban J connectivity index is 1.41. The number of aliphatic carboxylic acids is 1. The summed E-state index contributed by atoms with van der Waals surface area (Å²) in [6, 6.07) is -1.05. The highest BCUT2D eigenvalue weighted by molar-refractivity contribution is 8.01. The number of nitrogens with one attached hydrogen (secondary N) is 3. The fourth-order valence-electron chi connectivity index (χ4n) is 4.06. The number of anilines is 1. The maximum Gasteiger partial charge on any atom is 0.407 e. The Morgan fingerprint density at radius 1 is 1.30 bits per heavy atom. The molecule has 1 fully saturated rings. The lowest BCUT2D eigenvalue weighted by molar-refractivity contribution is -0.150. The molecule has 0 aromatic carbocycles. The van der Waals surface area contributed by atoms with E-state index < -0.39 is 40.9 Å². The van der Waals surface area contributed by atoms with Crippen molar-refractivity contribution in [2.24, 2.45) is 5.16 Å². The van der Waals surface area contributed by atoms with Gasteiger partial charge >= 0.3 is 12.1 Å². The monoisotopic (exact) mass is 696 g/mol. The van der Waals surface area contributed by atoms with Crippen molar-refractivity contribution in [2.75, 3.05) is 35.8 Å². The van der Waals surface area contributed by atoms with Crippen LogP contribution in [0.5, 0.6) is 0 Å². The number of hydrogen-bond acceptors (Lipinski definition) is 15. The molecule has 4 heterocycles. The zero-order chi connectivity index (χ0) is 33.6. The molecule has 2 aliphatic rings. The number of amides is 4. The van der Waals surface area contributed by atoms with Gasteiger partial charge in [0.2, 0.25) is 11.6 Å². The lowest BCUT2D eigenvalue weighted by Crippen LogP contribution is -2.71. The molecule has 2 aromatic heterocycles. The van der Waals surface area contributed by atoms with Gasteiger partial charge in [-0.3, -0.25) is 19.3 Å². The molecule has 21 heteroatoms. The van der Waals surface area contributed by atoms with E-state index in [0.717, 1.165) is 16.2 Å². The first-order valence-electron chi connectivity index (χ1n) is 13.6. The molecule has 6 N–H and O–H groups in total. The molecule has 46 heavy (non-hydrogen) atoms. The van der Waals surface area contributed by atoms with Gasteiger partial charge < -0.3 is 36.5 Å². The number of aryl methyl sites for hydroxylation is 1. The predicted octanol–water partition coefficient (Wildman–Crippen LogP) is 0.492. The third kappa shape index (κ3) is 8.26. The molecule has 1 saturated heterocycles. The number of β-lactam (4-membered cyclic amide) rings is 1. The molecule has 2 aromatic rings. The van der Waals surface area contributed by atoms with E-state index in [9.17, 15) is 29.1 Å². The number of rotatable bonds is 14. The number of oxime groups is 1. The highest BCUT2D eigenvalue weighted by Crippen LogP contribution is 2.41. The highest BCUT2D eigenvalue weighted by Gasteiger charge is 2.54. The molecule has 248 valence electrons. The Hall–Kier alpha value is -4.37. The molecule has 2 aliphatic heterocycles. The van der Waals surface area contributed by atoms with Crippen molar-refractivity contribution in [3.05, 3.63) is 28.2 Å². The number of carboxylic acids is 1. The third-order valence-corrected chi connectivity index (χ3v) is 9.27. The summed E-state index contributed by atoms with van der Waals surface area (Å²) in [5.41, 5.74) is -0.505. The number of thiazole rings is 1. The average Bonchev–Trinajstić information content (AvgIpc) is 3.58. The van der Waals surface area contributed by atoms with Crippen LogP contribution in [0.1, 0.15) is 38.7 Å². The summed E-state index contributed by atoms with van der Waals surface area (Å²) in [5.74, 6) is 4.18. The Morgan fingerprint density at radius 2 is 2.07 bits per heavy atom. The number of alkyl carbamates (subject to hydrolysis) is 1. The normalized spacial score (nSPS) is 18.0. The molecule has 0 bridgehead atoms. The minimum atomic E-state index is -1.28. The van der Waals surface area contributed by atoms with Crippen LogP contribution in [-0.4, -0.2) is 108 Å². The Kier molecular flexibility index (Phi) is 11.1. The first-order valence-corrected chi connectivity index (χ1v) is 16.6. The van der Waals surface area contributed by atoms with Crippen molar-refractivity contribution >= 4 is 76.0 Å². The zero-order valence-electron chi connectivity index (χ0n) is 25.1. The average molecular weight is 697 g/mol. The Labute approximate surface area is 274 Å². The summed E-state index contributed by atoms with van der Waals surface area (Å²) >= 11 is 3.53. The zero-order valence-corrected chi connectivity index (χ0v) is 27.6. The first-order chi connectivity index (χ1) is 21.8. The number of nitrogens with zero attached hydrogens (tertiary/aromatic N) is 6. The van der Waals surface area contributed by atoms with E-state index in [1.54, 1.807) is 27.7 Å². The van der Waals surface area contributed by atoms with Crippen molar-refractivity contribution in [2.45, 2.75) is 56.3 Å². The van der Waals surface area contributed by atoms with Crippen molar-refractivity contribution in [3.8, 4) is 0 Å². The fourth-order valence-corrected chi connectivity index (χ4v) is 7.10. The summed E-state index contributed by atoms with van der Waals surface area (Å²) in [6.07, 6.45) is 0.170. The number of aromatic nitrogens is 4. The summed E-state index contributed by atoms with van der Waals surface area (Å²) in [6.45, 7) is 7.13. The topological polar surface area (TPSA) is 245 Å². The minimum Gasteiger partial charge on any atom is -0.477 e. The van der Waals surface area contributed by atoms with Crippen LogP contribution in [0.15, 0.2) is 27.0 Å². The minimum absolute atomic E-state index is 0.0123. The Morgan fingerprint density at radius 3 is 2.72 bits per heavy atom. The number of hydrogen-bond donors (Lipinski definition) is 5. The summed E-state index contributed by atoms with van der Waals surface area (Å²) in [4.78, 5) is 72.1. The summed E-state index contributed by atoms with van der Waals surface area (Å²) in [5, 5.41) is 30.7. The second-order valence-electron chi connectivity index (χ2n) is 10.7. The SMILES string of the molecule is Cc1nnc(SCC2=C(C(=O)O)N3C(=O)C(NC(=O)C(=NOCCCNC(=O)OC(C)(C)C)c4csc(NC=O)n4)[C@@H]3SC2)n1N. The summed E-state index contributed by atoms with van der Waals surface area (Å²) in [7, 11) is 0. The number of carbonyl (C=O) groups excluding carboxylic acids is 4. The lowest BCUT2D eigenvalue weighted by atomic mass is 10.0. The van der Waals surface area contributed by atoms with E-state index in [1.165, 1.54) is 33.6 Å². The first kappa shape index (κ1) is 34.5. The van der Waals surface area contributed by atoms with Crippen LogP contribution in [0, 0.1) is 6.92 Å². The van der Waals surface area contributed by atoms with Crippen LogP contribution in [0.3, 0.4) is 0 Å². The molecule has 1 unspecified atom stereocenters. The smallest absolute Gasteiger partial charge is 0.407 e. The maximum atomic E-state index is 13.4. The van der Waals surface area contributed by atoms with Gasteiger partial charge in [-0.05, 0) is 33.3 Å². The van der Waals surface area contributed by atoms with E-state index in [0.29, 0.717) is 29.4 Å². The van der Waals surface area contributed by atoms with Gasteiger partial charge in [0.1, 0.15) is 40.8 Å². The van der Waals surface area contributed by atoms with Gasteiger partial charge in [0.25, 0.3) is 11.8 Å². The van der Waals surface area contributed by atoms with Gasteiger partial charge in [-0.25, -0.2) is 19.2 Å². The third-order valence-electron chi connectivity index (χ3n) is 6.13. The molecule has 2 atom stereocenters. The number of nitrogen functional groups attached to an aromatic ring is 1. The van der Waals surface area contributed by atoms with Gasteiger partial charge in [-0.1, -0.05) is 16.9 Å². The van der Waals surface area contributed by atoms with E-state index >= 15 is 0 Å². The number of nitrogens with two attached hydrogens (primary N) is 1. The summed E-state index contributed by atoms with van der Waals surface area (Å²) < 4.78 is 6.45. The van der Waals surface area contributed by atoms with Crippen molar-refractivity contribution < 1.29 is 38.7 Å². The van der Waals surface area contributed by atoms with Gasteiger partial charge in [-0.2, -0.15) is 0 Å². The van der Waals surface area contributed by atoms with Gasteiger partial charge in [0.05, 0.1) is 0 Å². The molecular weight excluding hydrogens is 665 g/mol. The molecule has 18 nitrogen and oxygen atoms in total. The molecular formula is C25H32N10O8S3. The van der Waals surface area contributed by atoms with Crippen LogP contribution < -0.4 is 21.8 Å². The van der Waals surface area contributed by atoms with Crippen molar-refractivity contribution in [1.82, 2.24) is 35.4 Å². The van der Waals surface area contributed by atoms with Crippen LogP contribution in [0.2, 0.25) is 0 Å². The molecule has 4 amide bonds. The van der Waals surface area contributed by atoms with Gasteiger partial charge in [0.15, 0.2) is 10.8 Å². The number of carbonyl (C=O) groups is 5. The highest BCUT2D eigenvalue weighted by atomic mass is 32.2. The molecule has 0 spiro atoms. The van der Waals surface area contributed by atoms with E-state index in [2.05, 4.69) is 36.3 Å². The second kappa shape index (κ2) is 14.8. The molecule has 0 aliphatic carbocycles. The van der Waals surface area contributed by atoms with Gasteiger partial charge in [0, 0.05) is 29.9 Å². The lowest BCUT2D eigenvalue weighted by Gasteiger charge is -2.49. The standard InChI is InChI=1S/C25H32N10O8S3/c1-12-31-32-23(35(12)26)46-9-13-8-44-20-16(19(38)34(20)17(13)21(39)40)30-18(37)15(14-10-45-22(29-14)28-11-36)33-42-7-5-6-27-24(41)43-25(2,3)4/h10-11,16,20H,5-9,26H2,1-4H3,(H,27,41)(H,30,37)(H,39,40)(H,28,29,36)/t16?,20-/m0/s1. The maximum absolute atomic E-state index is 13.4. The predicted molar refractivity (Wildman–Crippen MR) is 168 cm³/mol. The molecule has 0 radical (unpaired) electrons. The quantitative estimate of drug-likeness (QED) is 0.0343. The number of carboxylic acid groups (broad SMARTS) is 1. The van der Waals surface area contributed by atoms with Crippen molar-refractivity contribution in [1.29, 1.82) is 0 Å². The van der Waals surface area contributed by atoms with E-state index in [1.807, 2.05) is 0 Å². The van der Waals surface area contributed by atoms with E-state index in [-0.39, 0.29) is 46.9 Å². The molecule has 4 rings (SSSR count). The van der Waals surface area contributed by atoms with Gasteiger partial charge in [-0.15, -0.1) is 33.3 Å². The van der Waals surface area contributed by atoms with E-state index in [4.69, 9.17) is 15.4 Å². The van der Waals surface area contributed by atoms with Crippen molar-refractivity contribution in [3.63, 3.8) is 0 Å². The number of ether oxygens (including phenoxy) is 1. The van der Waals surface area contributed by atoms with Crippen LogP contribution in [0.25, 0.3) is 0 Å². The number of fused-ring (bicyclic) bond motifs is 1. The fraction of sp³-hybridized carbons (Fsp3) is 0.480.